The molecule has 0 saturated heterocycles. The summed E-state index contributed by atoms with van der Waals surface area (Å²) in [5.41, 5.74) is 1.06. The lowest BCUT2D eigenvalue weighted by Gasteiger charge is -2.12. The molecule has 2 rings (SSSR count). The van der Waals surface area contributed by atoms with Crippen LogP contribution >= 0.6 is 0 Å². The van der Waals surface area contributed by atoms with Crippen LogP contribution in [0.2, 0.25) is 0 Å². The molecule has 0 aliphatic heterocycles. The number of carbonyl (C=O) groups is 1. The average Bonchev–Trinajstić information content (AvgIpc) is 2.36. The Morgan fingerprint density at radius 3 is 2.47 bits per heavy atom. The van der Waals surface area contributed by atoms with Gasteiger partial charge in [-0.2, -0.15) is 0 Å². The van der Waals surface area contributed by atoms with Gasteiger partial charge in [0.15, 0.2) is 0 Å². The number of aliphatic hydroxyl groups is 1. The van der Waals surface area contributed by atoms with E-state index in [0.717, 1.165) is 5.39 Å². The van der Waals surface area contributed by atoms with Crippen molar-refractivity contribution in [3.8, 4) is 0 Å². The Hall–Kier alpha value is -1.91. The molecule has 0 aliphatic carbocycles. The van der Waals surface area contributed by atoms with Gasteiger partial charge in [-0.05, 0) is 22.4 Å². The van der Waals surface area contributed by atoms with Gasteiger partial charge in [-0.3, -0.25) is 10.0 Å². The van der Waals surface area contributed by atoms with Crippen LogP contribution in [0.4, 0.5) is 0 Å². The Kier molecular flexibility index (Phi) is 3.08. The number of rotatable bonds is 2. The zero-order valence-electron chi connectivity index (χ0n) is 9.42. The molecule has 88 valence electrons. The van der Waals surface area contributed by atoms with Crippen LogP contribution < -0.4 is 0 Å². The molecular weight excluding hydrogens is 218 g/mol. The number of fused-ring (bicyclic) bond motifs is 1. The average molecular weight is 231 g/mol. The summed E-state index contributed by atoms with van der Waals surface area (Å²) in [5, 5.41) is 20.6. The number of aliphatic hydroxyl groups excluding tert-OH is 1. The van der Waals surface area contributed by atoms with Gasteiger partial charge in [0.1, 0.15) is 0 Å². The summed E-state index contributed by atoms with van der Waals surface area (Å²) in [5.74, 6) is -0.489. The molecule has 2 aromatic rings. The van der Waals surface area contributed by atoms with E-state index in [1.807, 2.05) is 18.2 Å². The van der Waals surface area contributed by atoms with Gasteiger partial charge in [-0.15, -0.1) is 0 Å². The van der Waals surface area contributed by atoms with Gasteiger partial charge >= 0.3 is 0 Å². The predicted molar refractivity (Wildman–Crippen MR) is 63.8 cm³/mol. The van der Waals surface area contributed by atoms with Crippen molar-refractivity contribution >= 4 is 16.7 Å². The third kappa shape index (κ3) is 2.00. The van der Waals surface area contributed by atoms with Gasteiger partial charge in [0.25, 0.3) is 5.91 Å². The molecule has 0 aromatic heterocycles. The molecule has 0 saturated carbocycles. The molecule has 17 heavy (non-hydrogen) atoms. The molecule has 1 amide bonds. The molecule has 4 heteroatoms. The molecular formula is C13H13NO3. The van der Waals surface area contributed by atoms with Gasteiger partial charge in [-0.1, -0.05) is 30.3 Å². The van der Waals surface area contributed by atoms with Gasteiger partial charge < -0.3 is 5.11 Å². The maximum Gasteiger partial charge on any atom is 0.277 e. The molecule has 0 bridgehead atoms. The number of hydroxylamine groups is 2. The highest BCUT2D eigenvalue weighted by atomic mass is 16.5. The summed E-state index contributed by atoms with van der Waals surface area (Å²) >= 11 is 0. The molecule has 2 N–H and O–H groups in total. The first-order valence-corrected chi connectivity index (χ1v) is 5.23. The number of nitrogens with zero attached hydrogens (tertiary/aromatic N) is 1. The molecule has 0 radical (unpaired) electrons. The van der Waals surface area contributed by atoms with E-state index >= 15 is 0 Å². The highest BCUT2D eigenvalue weighted by Crippen LogP contribution is 2.24. The van der Waals surface area contributed by atoms with Crippen molar-refractivity contribution in [2.24, 2.45) is 0 Å². The second kappa shape index (κ2) is 4.53. The van der Waals surface area contributed by atoms with E-state index in [1.165, 1.54) is 7.05 Å². The van der Waals surface area contributed by atoms with E-state index in [9.17, 15) is 15.1 Å². The maximum absolute atomic E-state index is 11.8. The van der Waals surface area contributed by atoms with Gasteiger partial charge in [0, 0.05) is 12.6 Å². The van der Waals surface area contributed by atoms with E-state index in [1.54, 1.807) is 18.2 Å². The van der Waals surface area contributed by atoms with Crippen molar-refractivity contribution in [3.63, 3.8) is 0 Å². The fourth-order valence-electron chi connectivity index (χ4n) is 1.90. The minimum Gasteiger partial charge on any atom is -0.392 e. The first-order valence-electron chi connectivity index (χ1n) is 5.23. The highest BCUT2D eigenvalue weighted by molar-refractivity contribution is 6.07. The lowest BCUT2D eigenvalue weighted by Crippen LogP contribution is -2.22. The standard InChI is InChI=1S/C13H13NO3/c1-14(17)13(16)11-7-3-5-9-4-2-6-10(8-15)12(9)11/h2-7,15,17H,8H2,1H3. The Bertz CT molecular complexity index is 558. The van der Waals surface area contributed by atoms with Crippen LogP contribution in [0.5, 0.6) is 0 Å². The van der Waals surface area contributed by atoms with E-state index in [2.05, 4.69) is 0 Å². The fourth-order valence-corrected chi connectivity index (χ4v) is 1.90. The van der Waals surface area contributed by atoms with Crippen molar-refractivity contribution < 1.29 is 15.1 Å². The Morgan fingerprint density at radius 2 is 1.88 bits per heavy atom. The Labute approximate surface area is 98.7 Å². The second-order valence-electron chi connectivity index (χ2n) is 3.81. The monoisotopic (exact) mass is 231 g/mol. The van der Waals surface area contributed by atoms with Gasteiger partial charge in [0.2, 0.25) is 0 Å². The Morgan fingerprint density at radius 1 is 1.24 bits per heavy atom. The quantitative estimate of drug-likeness (QED) is 0.612. The van der Waals surface area contributed by atoms with Crippen LogP contribution in [0.25, 0.3) is 10.8 Å². The second-order valence-corrected chi connectivity index (χ2v) is 3.81. The maximum atomic E-state index is 11.8. The molecule has 0 aliphatic rings. The van der Waals surface area contributed by atoms with Crippen LogP contribution in [0, 0.1) is 0 Å². The van der Waals surface area contributed by atoms with Crippen molar-refractivity contribution in [2.45, 2.75) is 6.61 Å². The van der Waals surface area contributed by atoms with E-state index in [4.69, 9.17) is 0 Å². The first kappa shape index (κ1) is 11.6. The highest BCUT2D eigenvalue weighted by Gasteiger charge is 2.14. The van der Waals surface area contributed by atoms with Crippen LogP contribution in [0.1, 0.15) is 15.9 Å². The topological polar surface area (TPSA) is 60.8 Å². The molecule has 0 spiro atoms. The largest absolute Gasteiger partial charge is 0.392 e. The molecule has 0 atom stereocenters. The summed E-state index contributed by atoms with van der Waals surface area (Å²) in [6, 6.07) is 10.7. The number of amides is 1. The van der Waals surface area contributed by atoms with E-state index < -0.39 is 5.91 Å². The molecule has 4 nitrogen and oxygen atoms in total. The lowest BCUT2D eigenvalue weighted by atomic mass is 9.99. The number of benzene rings is 2. The fraction of sp³-hybridized carbons (Fsp3) is 0.154. The van der Waals surface area contributed by atoms with Crippen molar-refractivity contribution in [1.29, 1.82) is 0 Å². The number of hydrogen-bond acceptors (Lipinski definition) is 3. The molecule has 0 heterocycles. The van der Waals surface area contributed by atoms with Gasteiger partial charge in [0.05, 0.1) is 6.61 Å². The van der Waals surface area contributed by atoms with Crippen molar-refractivity contribution in [1.82, 2.24) is 5.06 Å². The number of hydrogen-bond donors (Lipinski definition) is 2. The summed E-state index contributed by atoms with van der Waals surface area (Å²) < 4.78 is 0. The van der Waals surface area contributed by atoms with Crippen LogP contribution in [-0.4, -0.2) is 28.3 Å². The molecule has 0 unspecified atom stereocenters. The predicted octanol–water partition coefficient (Wildman–Crippen LogP) is 1.79. The third-order valence-electron chi connectivity index (χ3n) is 2.69. The zero-order valence-corrected chi connectivity index (χ0v) is 9.42. The third-order valence-corrected chi connectivity index (χ3v) is 2.69. The minimum atomic E-state index is -0.489. The van der Waals surface area contributed by atoms with Crippen molar-refractivity contribution in [2.75, 3.05) is 7.05 Å². The summed E-state index contributed by atoms with van der Waals surface area (Å²) in [7, 11) is 1.28. The van der Waals surface area contributed by atoms with E-state index in [0.29, 0.717) is 21.6 Å². The van der Waals surface area contributed by atoms with Crippen LogP contribution in [0.3, 0.4) is 0 Å². The van der Waals surface area contributed by atoms with Crippen molar-refractivity contribution in [3.05, 3.63) is 47.5 Å². The zero-order chi connectivity index (χ0) is 12.4. The minimum absolute atomic E-state index is 0.142. The van der Waals surface area contributed by atoms with E-state index in [-0.39, 0.29) is 6.61 Å². The normalized spacial score (nSPS) is 10.5. The summed E-state index contributed by atoms with van der Waals surface area (Å²) in [4.78, 5) is 11.8. The summed E-state index contributed by atoms with van der Waals surface area (Å²) in [6.07, 6.45) is 0. The Balaban J connectivity index is 2.75. The smallest absolute Gasteiger partial charge is 0.277 e. The summed E-state index contributed by atoms with van der Waals surface area (Å²) in [6.45, 7) is -0.142. The van der Waals surface area contributed by atoms with Crippen LogP contribution in [0.15, 0.2) is 36.4 Å². The van der Waals surface area contributed by atoms with Crippen LogP contribution in [-0.2, 0) is 6.61 Å². The number of carbonyl (C=O) groups excluding carboxylic acids is 1. The first-order chi connectivity index (χ1) is 8.15. The SMILES string of the molecule is CN(O)C(=O)c1cccc2cccc(CO)c12. The lowest BCUT2D eigenvalue weighted by molar-refractivity contribution is -0.0373. The molecule has 2 aromatic carbocycles. The van der Waals surface area contributed by atoms with Gasteiger partial charge in [-0.25, -0.2) is 5.06 Å². The molecule has 0 fully saturated rings.